The normalized spacial score (nSPS) is 13.5. The predicted octanol–water partition coefficient (Wildman–Crippen LogP) is 3.25. The number of fused-ring (bicyclic) bond motifs is 1. The van der Waals surface area contributed by atoms with Gasteiger partial charge in [0.25, 0.3) is 0 Å². The molecule has 1 aromatic heterocycles. The van der Waals surface area contributed by atoms with Gasteiger partial charge < -0.3 is 10.3 Å². The molecule has 2 rings (SSSR count). The van der Waals surface area contributed by atoms with Gasteiger partial charge in [0.05, 0.1) is 5.52 Å². The second-order valence-electron chi connectivity index (χ2n) is 4.97. The lowest BCUT2D eigenvalue weighted by atomic mass is 10.1. The van der Waals surface area contributed by atoms with Crippen molar-refractivity contribution in [1.82, 2.24) is 4.57 Å². The third kappa shape index (κ3) is 2.20. The summed E-state index contributed by atoms with van der Waals surface area (Å²) in [5.74, 6) is -0.155. The van der Waals surface area contributed by atoms with Crippen LogP contribution in [0.3, 0.4) is 0 Å². The number of rotatable bonds is 3. The molecular weight excluding hydrogens is 215 g/mol. The Morgan fingerprint density at radius 1 is 1.29 bits per heavy atom. The molecule has 0 aliphatic carbocycles. The van der Waals surface area contributed by atoms with Crippen molar-refractivity contribution < 1.29 is 4.39 Å². The van der Waals surface area contributed by atoms with Crippen LogP contribution in [-0.4, -0.2) is 10.6 Å². The molecule has 1 heterocycles. The van der Waals surface area contributed by atoms with E-state index >= 15 is 0 Å². The van der Waals surface area contributed by atoms with Gasteiger partial charge in [-0.3, -0.25) is 0 Å². The molecule has 1 aromatic carbocycles. The van der Waals surface area contributed by atoms with Crippen molar-refractivity contribution in [3.63, 3.8) is 0 Å². The Kier molecular flexibility index (Phi) is 3.20. The van der Waals surface area contributed by atoms with E-state index in [4.69, 9.17) is 5.73 Å². The minimum Gasteiger partial charge on any atom is -0.345 e. The number of aromatic nitrogens is 1. The van der Waals surface area contributed by atoms with Crippen LogP contribution in [0.25, 0.3) is 10.9 Å². The second kappa shape index (κ2) is 4.49. The molecule has 0 amide bonds. The molecule has 0 aliphatic rings. The first-order valence-electron chi connectivity index (χ1n) is 6.04. The van der Waals surface area contributed by atoms with Crippen LogP contribution in [0.1, 0.15) is 32.4 Å². The van der Waals surface area contributed by atoms with Gasteiger partial charge in [0.1, 0.15) is 5.82 Å². The third-order valence-corrected chi connectivity index (χ3v) is 2.98. The fourth-order valence-electron chi connectivity index (χ4n) is 2.28. The van der Waals surface area contributed by atoms with Crippen LogP contribution in [0.4, 0.5) is 4.39 Å². The van der Waals surface area contributed by atoms with E-state index in [2.05, 4.69) is 18.4 Å². The largest absolute Gasteiger partial charge is 0.345 e. The van der Waals surface area contributed by atoms with E-state index in [9.17, 15) is 4.39 Å². The molecule has 17 heavy (non-hydrogen) atoms. The van der Waals surface area contributed by atoms with E-state index in [-0.39, 0.29) is 11.9 Å². The maximum Gasteiger partial charge on any atom is 0.132 e. The van der Waals surface area contributed by atoms with Gasteiger partial charge in [-0.2, -0.15) is 0 Å². The molecule has 0 aliphatic heterocycles. The van der Waals surface area contributed by atoms with Crippen LogP contribution >= 0.6 is 0 Å². The van der Waals surface area contributed by atoms with E-state index in [0.717, 1.165) is 16.5 Å². The van der Waals surface area contributed by atoms with Crippen molar-refractivity contribution in [3.05, 3.63) is 35.8 Å². The summed E-state index contributed by atoms with van der Waals surface area (Å²) < 4.78 is 16.0. The fourth-order valence-corrected chi connectivity index (χ4v) is 2.28. The van der Waals surface area contributed by atoms with E-state index in [1.54, 1.807) is 6.07 Å². The summed E-state index contributed by atoms with van der Waals surface area (Å²) >= 11 is 0. The summed E-state index contributed by atoms with van der Waals surface area (Å²) in [6.07, 6.45) is 2.74. The highest BCUT2D eigenvalue weighted by Gasteiger charge is 2.14. The standard InChI is InChI=1S/C14H19FN2/c1-9(2)17-8-11(7-10(3)16)14-12(15)5-4-6-13(14)17/h4-6,8-10H,7,16H2,1-3H3. The van der Waals surface area contributed by atoms with Crippen molar-refractivity contribution in [2.24, 2.45) is 5.73 Å². The first-order chi connectivity index (χ1) is 8.00. The Hall–Kier alpha value is -1.35. The number of nitrogens with two attached hydrogens (primary N) is 1. The maximum absolute atomic E-state index is 13.9. The lowest BCUT2D eigenvalue weighted by Gasteiger charge is -2.08. The molecule has 0 saturated carbocycles. The van der Waals surface area contributed by atoms with Gasteiger partial charge in [0, 0.05) is 23.7 Å². The smallest absolute Gasteiger partial charge is 0.132 e. The van der Waals surface area contributed by atoms with Crippen molar-refractivity contribution in [3.8, 4) is 0 Å². The molecule has 1 atom stereocenters. The molecule has 2 N–H and O–H groups in total. The Balaban J connectivity index is 2.67. The fraction of sp³-hybridized carbons (Fsp3) is 0.429. The highest BCUT2D eigenvalue weighted by molar-refractivity contribution is 5.84. The van der Waals surface area contributed by atoms with Crippen LogP contribution in [0.15, 0.2) is 24.4 Å². The molecule has 0 radical (unpaired) electrons. The topological polar surface area (TPSA) is 30.9 Å². The molecule has 3 heteroatoms. The molecular formula is C14H19FN2. The Labute approximate surface area is 101 Å². The van der Waals surface area contributed by atoms with E-state index < -0.39 is 0 Å². The SMILES string of the molecule is CC(N)Cc1cn(C(C)C)c2cccc(F)c12. The third-order valence-electron chi connectivity index (χ3n) is 2.98. The molecule has 92 valence electrons. The first kappa shape index (κ1) is 12.1. The van der Waals surface area contributed by atoms with Gasteiger partial charge in [0.2, 0.25) is 0 Å². The lowest BCUT2D eigenvalue weighted by Crippen LogP contribution is -2.17. The minimum atomic E-state index is -0.155. The van der Waals surface area contributed by atoms with Crippen molar-refractivity contribution in [2.45, 2.75) is 39.3 Å². The predicted molar refractivity (Wildman–Crippen MR) is 69.6 cm³/mol. The van der Waals surface area contributed by atoms with Gasteiger partial charge in [-0.1, -0.05) is 6.07 Å². The van der Waals surface area contributed by atoms with Crippen LogP contribution in [0.5, 0.6) is 0 Å². The summed E-state index contributed by atoms with van der Waals surface area (Å²) in [5, 5.41) is 0.721. The average molecular weight is 234 g/mol. The molecule has 0 bridgehead atoms. The van der Waals surface area contributed by atoms with E-state index in [1.807, 2.05) is 19.2 Å². The second-order valence-corrected chi connectivity index (χ2v) is 4.97. The van der Waals surface area contributed by atoms with Gasteiger partial charge in [-0.25, -0.2) is 4.39 Å². The van der Waals surface area contributed by atoms with Gasteiger partial charge in [-0.15, -0.1) is 0 Å². The molecule has 1 unspecified atom stereocenters. The number of nitrogens with zero attached hydrogens (tertiary/aromatic N) is 1. The summed E-state index contributed by atoms with van der Waals surface area (Å²) in [7, 11) is 0. The maximum atomic E-state index is 13.9. The molecule has 0 fully saturated rings. The summed E-state index contributed by atoms with van der Waals surface area (Å²) in [4.78, 5) is 0. The highest BCUT2D eigenvalue weighted by Crippen LogP contribution is 2.27. The Bertz CT molecular complexity index is 526. The molecule has 2 aromatic rings. The quantitative estimate of drug-likeness (QED) is 0.868. The first-order valence-corrected chi connectivity index (χ1v) is 6.04. The Morgan fingerprint density at radius 3 is 2.59 bits per heavy atom. The van der Waals surface area contributed by atoms with Crippen LogP contribution in [0.2, 0.25) is 0 Å². The lowest BCUT2D eigenvalue weighted by molar-refractivity contribution is 0.617. The van der Waals surface area contributed by atoms with Gasteiger partial charge >= 0.3 is 0 Å². The van der Waals surface area contributed by atoms with Crippen LogP contribution in [0, 0.1) is 5.82 Å². The Morgan fingerprint density at radius 2 is 2.00 bits per heavy atom. The van der Waals surface area contributed by atoms with Gasteiger partial charge in [-0.05, 0) is 44.9 Å². The number of halogens is 1. The molecule has 0 spiro atoms. The van der Waals surface area contributed by atoms with Crippen molar-refractivity contribution in [1.29, 1.82) is 0 Å². The van der Waals surface area contributed by atoms with Crippen LogP contribution < -0.4 is 5.73 Å². The zero-order chi connectivity index (χ0) is 12.6. The summed E-state index contributed by atoms with van der Waals surface area (Å²) in [5.41, 5.74) is 7.78. The van der Waals surface area contributed by atoms with Crippen LogP contribution in [-0.2, 0) is 6.42 Å². The zero-order valence-corrected chi connectivity index (χ0v) is 10.6. The van der Waals surface area contributed by atoms with E-state index in [0.29, 0.717) is 12.5 Å². The number of hydrogen-bond acceptors (Lipinski definition) is 1. The number of benzene rings is 1. The van der Waals surface area contributed by atoms with Crippen molar-refractivity contribution in [2.75, 3.05) is 0 Å². The summed E-state index contributed by atoms with van der Waals surface area (Å²) in [6, 6.07) is 5.59. The average Bonchev–Trinajstić information content (AvgIpc) is 2.57. The minimum absolute atomic E-state index is 0.0424. The van der Waals surface area contributed by atoms with E-state index in [1.165, 1.54) is 6.07 Å². The molecule has 2 nitrogen and oxygen atoms in total. The highest BCUT2D eigenvalue weighted by atomic mass is 19.1. The number of hydrogen-bond donors (Lipinski definition) is 1. The summed E-state index contributed by atoms with van der Waals surface area (Å²) in [6.45, 7) is 6.14. The monoisotopic (exact) mass is 234 g/mol. The zero-order valence-electron chi connectivity index (χ0n) is 10.6. The van der Waals surface area contributed by atoms with Gasteiger partial charge in [0.15, 0.2) is 0 Å². The van der Waals surface area contributed by atoms with Crippen molar-refractivity contribution >= 4 is 10.9 Å². The molecule has 0 saturated heterocycles.